The summed E-state index contributed by atoms with van der Waals surface area (Å²) in [7, 11) is 1.31. The fraction of sp³-hybridized carbons (Fsp3) is 0.667. The van der Waals surface area contributed by atoms with Crippen LogP contribution in [0.15, 0.2) is 12.4 Å². The lowest BCUT2D eigenvalue weighted by atomic mass is 9.71. The highest BCUT2D eigenvalue weighted by Crippen LogP contribution is 2.49. The van der Waals surface area contributed by atoms with Crippen molar-refractivity contribution in [1.29, 1.82) is 0 Å². The van der Waals surface area contributed by atoms with Crippen molar-refractivity contribution in [1.82, 2.24) is 9.97 Å². The van der Waals surface area contributed by atoms with E-state index >= 15 is 0 Å². The van der Waals surface area contributed by atoms with Crippen molar-refractivity contribution in [2.24, 2.45) is 5.41 Å². The summed E-state index contributed by atoms with van der Waals surface area (Å²) < 4.78 is 10.6. The monoisotopic (exact) mass is 307 g/mol. The van der Waals surface area contributed by atoms with E-state index in [0.717, 1.165) is 25.7 Å². The molecule has 2 fully saturated rings. The lowest BCUT2D eigenvalue weighted by molar-refractivity contribution is 0.00950. The normalized spacial score (nSPS) is 30.1. The van der Waals surface area contributed by atoms with Crippen LogP contribution in [-0.2, 0) is 9.47 Å². The van der Waals surface area contributed by atoms with E-state index in [1.807, 2.05) is 0 Å². The summed E-state index contributed by atoms with van der Waals surface area (Å²) in [5.74, 6) is 0.0921. The van der Waals surface area contributed by atoms with Gasteiger partial charge in [0.25, 0.3) is 0 Å². The van der Waals surface area contributed by atoms with E-state index in [1.165, 1.54) is 19.5 Å². The molecule has 7 heteroatoms. The summed E-state index contributed by atoms with van der Waals surface area (Å²) >= 11 is 0. The van der Waals surface area contributed by atoms with Crippen LogP contribution in [0.1, 0.15) is 36.2 Å². The predicted molar refractivity (Wildman–Crippen MR) is 78.5 cm³/mol. The minimum atomic E-state index is -0.503. The fourth-order valence-electron chi connectivity index (χ4n) is 3.46. The Labute approximate surface area is 129 Å². The summed E-state index contributed by atoms with van der Waals surface area (Å²) in [6, 6.07) is 0. The molecule has 2 bridgehead atoms. The van der Waals surface area contributed by atoms with Crippen molar-refractivity contribution in [3.63, 3.8) is 0 Å². The lowest BCUT2D eigenvalue weighted by Crippen LogP contribution is -2.41. The van der Waals surface area contributed by atoms with Gasteiger partial charge >= 0.3 is 5.97 Å². The molecule has 3 rings (SSSR count). The van der Waals surface area contributed by atoms with E-state index in [4.69, 9.17) is 4.74 Å². The van der Waals surface area contributed by atoms with Gasteiger partial charge in [0, 0.05) is 12.0 Å². The number of nitrogens with one attached hydrogen (secondary N) is 1. The van der Waals surface area contributed by atoms with Gasteiger partial charge in [0.1, 0.15) is 5.82 Å². The summed E-state index contributed by atoms with van der Waals surface area (Å²) in [4.78, 5) is 19.5. The molecule has 0 radical (unpaired) electrons. The zero-order chi connectivity index (χ0) is 15.6. The van der Waals surface area contributed by atoms with Crippen LogP contribution >= 0.6 is 0 Å². The maximum Gasteiger partial charge on any atom is 0.358 e. The molecule has 120 valence electrons. The Morgan fingerprint density at radius 3 is 3.00 bits per heavy atom. The van der Waals surface area contributed by atoms with Crippen LogP contribution in [0.5, 0.6) is 0 Å². The minimum Gasteiger partial charge on any atom is -0.464 e. The Morgan fingerprint density at radius 1 is 1.45 bits per heavy atom. The number of nitrogens with zero attached hydrogens (tertiary/aromatic N) is 2. The van der Waals surface area contributed by atoms with Crippen molar-refractivity contribution >= 4 is 11.8 Å². The molecule has 1 aromatic heterocycles. The van der Waals surface area contributed by atoms with E-state index in [2.05, 4.69) is 20.0 Å². The van der Waals surface area contributed by atoms with Crippen LogP contribution < -0.4 is 5.32 Å². The maximum absolute atomic E-state index is 11.3. The number of carbonyl (C=O) groups is 1. The SMILES string of the molecule is COC(=O)c1cnc(NCC23CCCC(CO)(CO2)C3)cn1. The average molecular weight is 307 g/mol. The van der Waals surface area contributed by atoms with Crippen molar-refractivity contribution in [2.75, 3.05) is 32.2 Å². The van der Waals surface area contributed by atoms with Crippen molar-refractivity contribution < 1.29 is 19.4 Å². The van der Waals surface area contributed by atoms with Crippen LogP contribution in [0.25, 0.3) is 0 Å². The van der Waals surface area contributed by atoms with Gasteiger partial charge in [-0.1, -0.05) is 0 Å². The van der Waals surface area contributed by atoms with Gasteiger partial charge in [-0.25, -0.2) is 14.8 Å². The summed E-state index contributed by atoms with van der Waals surface area (Å²) in [6.45, 7) is 1.43. The molecule has 0 amide bonds. The molecule has 1 aliphatic heterocycles. The van der Waals surface area contributed by atoms with Gasteiger partial charge in [-0.2, -0.15) is 0 Å². The molecular formula is C15H21N3O4. The number of aliphatic hydroxyl groups is 1. The van der Waals surface area contributed by atoms with Crippen LogP contribution in [0.3, 0.4) is 0 Å². The van der Waals surface area contributed by atoms with E-state index in [9.17, 15) is 9.90 Å². The Morgan fingerprint density at radius 2 is 2.32 bits per heavy atom. The number of aromatic nitrogens is 2. The van der Waals surface area contributed by atoms with Crippen molar-refractivity contribution in [2.45, 2.75) is 31.3 Å². The molecule has 0 spiro atoms. The third-order valence-corrected chi connectivity index (χ3v) is 4.69. The zero-order valence-electron chi connectivity index (χ0n) is 12.7. The van der Waals surface area contributed by atoms with Gasteiger partial charge in [0.2, 0.25) is 0 Å². The average Bonchev–Trinajstić information content (AvgIpc) is 2.84. The predicted octanol–water partition coefficient (Wildman–Crippen LogP) is 0.997. The van der Waals surface area contributed by atoms with Gasteiger partial charge in [-0.05, 0) is 25.7 Å². The highest BCUT2D eigenvalue weighted by atomic mass is 16.5. The highest BCUT2D eigenvalue weighted by Gasteiger charge is 2.51. The molecule has 1 saturated heterocycles. The van der Waals surface area contributed by atoms with Gasteiger partial charge in [0.05, 0.1) is 38.3 Å². The molecule has 1 aliphatic carbocycles. The third kappa shape index (κ3) is 2.78. The maximum atomic E-state index is 11.3. The molecule has 1 aromatic rings. The molecular weight excluding hydrogens is 286 g/mol. The van der Waals surface area contributed by atoms with E-state index in [0.29, 0.717) is 19.0 Å². The number of anilines is 1. The third-order valence-electron chi connectivity index (χ3n) is 4.69. The van der Waals surface area contributed by atoms with Crippen LogP contribution in [-0.4, -0.2) is 53.5 Å². The smallest absolute Gasteiger partial charge is 0.358 e. The van der Waals surface area contributed by atoms with E-state index < -0.39 is 5.97 Å². The number of fused-ring (bicyclic) bond motifs is 2. The molecule has 2 heterocycles. The van der Waals surface area contributed by atoms with Gasteiger partial charge in [0.15, 0.2) is 5.69 Å². The lowest BCUT2D eigenvalue weighted by Gasteiger charge is -2.36. The minimum absolute atomic E-state index is 0.0691. The topological polar surface area (TPSA) is 93.6 Å². The molecule has 2 unspecified atom stereocenters. The summed E-state index contributed by atoms with van der Waals surface area (Å²) in [5.41, 5.74) is -0.121. The Kier molecular flexibility index (Phi) is 4.01. The second kappa shape index (κ2) is 5.81. The number of carbonyl (C=O) groups excluding carboxylic acids is 1. The largest absolute Gasteiger partial charge is 0.464 e. The van der Waals surface area contributed by atoms with Crippen LogP contribution in [0.2, 0.25) is 0 Å². The van der Waals surface area contributed by atoms with Crippen molar-refractivity contribution in [3.05, 3.63) is 18.1 Å². The quantitative estimate of drug-likeness (QED) is 0.784. The molecule has 2 aliphatic rings. The van der Waals surface area contributed by atoms with Gasteiger partial charge in [-0.15, -0.1) is 0 Å². The van der Waals surface area contributed by atoms with Gasteiger partial charge < -0.3 is 19.9 Å². The van der Waals surface area contributed by atoms with Crippen LogP contribution in [0.4, 0.5) is 5.82 Å². The first-order chi connectivity index (χ1) is 10.6. The second-order valence-corrected chi connectivity index (χ2v) is 6.29. The Bertz CT molecular complexity index is 550. The Hall–Kier alpha value is -1.73. The highest BCUT2D eigenvalue weighted by molar-refractivity contribution is 5.86. The number of rotatable bonds is 5. The number of esters is 1. The van der Waals surface area contributed by atoms with Crippen LogP contribution in [0, 0.1) is 5.41 Å². The molecule has 22 heavy (non-hydrogen) atoms. The van der Waals surface area contributed by atoms with E-state index in [1.54, 1.807) is 0 Å². The van der Waals surface area contributed by atoms with Gasteiger partial charge in [-0.3, -0.25) is 0 Å². The second-order valence-electron chi connectivity index (χ2n) is 6.29. The first-order valence-electron chi connectivity index (χ1n) is 7.49. The molecule has 1 saturated carbocycles. The van der Waals surface area contributed by atoms with E-state index in [-0.39, 0.29) is 23.3 Å². The number of methoxy groups -OCH3 is 1. The van der Waals surface area contributed by atoms with Crippen molar-refractivity contribution in [3.8, 4) is 0 Å². The number of ether oxygens (including phenoxy) is 2. The Balaban J connectivity index is 1.62. The number of hydrogen-bond donors (Lipinski definition) is 2. The molecule has 0 aromatic carbocycles. The summed E-state index contributed by atoms with van der Waals surface area (Å²) in [6.07, 6.45) is 6.85. The number of aliphatic hydroxyl groups excluding tert-OH is 1. The molecule has 7 nitrogen and oxygen atoms in total. The zero-order valence-corrected chi connectivity index (χ0v) is 12.7. The summed E-state index contributed by atoms with van der Waals surface area (Å²) in [5, 5.41) is 12.8. The molecule has 2 atom stereocenters. The molecule has 2 N–H and O–H groups in total. The standard InChI is InChI=1S/C15H21N3O4/c1-21-13(20)11-5-17-12(6-16-11)18-8-15-4-2-3-14(7-15,9-19)10-22-15/h5-6,19H,2-4,7-10H2,1H3,(H,17,18). The number of hydrogen-bond acceptors (Lipinski definition) is 7. The first kappa shape index (κ1) is 15.2. The first-order valence-corrected chi connectivity index (χ1v) is 7.49. The fourth-order valence-corrected chi connectivity index (χ4v) is 3.46.